The van der Waals surface area contributed by atoms with Crippen LogP contribution in [0.25, 0.3) is 0 Å². The first-order valence-electron chi connectivity index (χ1n) is 7.48. The Morgan fingerprint density at radius 3 is 2.67 bits per heavy atom. The van der Waals surface area contributed by atoms with E-state index in [1.807, 2.05) is 13.0 Å². The average molecular weight is 297 g/mol. The molecule has 0 bridgehead atoms. The summed E-state index contributed by atoms with van der Waals surface area (Å²) in [5.74, 6) is 1.90. The molecule has 0 amide bonds. The second kappa shape index (κ2) is 7.50. The van der Waals surface area contributed by atoms with E-state index in [2.05, 4.69) is 0 Å². The second-order valence-corrected chi connectivity index (χ2v) is 5.17. The van der Waals surface area contributed by atoms with Crippen molar-refractivity contribution in [2.24, 2.45) is 0 Å². The molecule has 1 aliphatic rings. The summed E-state index contributed by atoms with van der Waals surface area (Å²) in [7, 11) is 3.19. The Hall–Kier alpha value is -1.49. The molecule has 1 saturated heterocycles. The Labute approximate surface area is 125 Å². The Bertz CT molecular complexity index is 455. The zero-order valence-electron chi connectivity index (χ0n) is 13.0. The summed E-state index contributed by atoms with van der Waals surface area (Å²) >= 11 is 0. The van der Waals surface area contributed by atoms with Gasteiger partial charge in [0.05, 0.1) is 14.2 Å². The molecule has 2 atom stereocenters. The SMILES string of the molecule is CCC(Oc1cc(OC)ccc1OC)N1CCCCC1F. The van der Waals surface area contributed by atoms with Crippen molar-refractivity contribution in [3.8, 4) is 17.2 Å². The number of alkyl halides is 1. The van der Waals surface area contributed by atoms with Gasteiger partial charge in [0, 0.05) is 12.6 Å². The molecule has 0 N–H and O–H groups in total. The number of piperidine rings is 1. The van der Waals surface area contributed by atoms with Crippen molar-refractivity contribution in [2.45, 2.75) is 45.1 Å². The largest absolute Gasteiger partial charge is 0.497 e. The van der Waals surface area contributed by atoms with Crippen molar-refractivity contribution in [3.63, 3.8) is 0 Å². The summed E-state index contributed by atoms with van der Waals surface area (Å²) in [6.07, 6.45) is 2.02. The molecule has 4 nitrogen and oxygen atoms in total. The van der Waals surface area contributed by atoms with Gasteiger partial charge in [0.2, 0.25) is 0 Å². The molecule has 1 aromatic carbocycles. The third kappa shape index (κ3) is 3.79. The molecular weight excluding hydrogens is 273 g/mol. The molecule has 1 aromatic rings. The van der Waals surface area contributed by atoms with Crippen molar-refractivity contribution in [1.82, 2.24) is 4.90 Å². The lowest BCUT2D eigenvalue weighted by molar-refractivity contribution is -0.0713. The first kappa shape index (κ1) is 15.9. The molecule has 1 fully saturated rings. The molecule has 0 aromatic heterocycles. The standard InChI is InChI=1S/C16H24FNO3/c1-4-16(18-10-6-5-7-15(18)17)21-14-11-12(19-2)8-9-13(14)20-3/h8-9,11,15-16H,4-7,10H2,1-3H3. The molecule has 2 rings (SSSR count). The summed E-state index contributed by atoms with van der Waals surface area (Å²) in [4.78, 5) is 1.79. The maximum Gasteiger partial charge on any atom is 0.167 e. The number of likely N-dealkylation sites (tertiary alicyclic amines) is 1. The third-order valence-corrected chi connectivity index (χ3v) is 3.82. The van der Waals surface area contributed by atoms with Gasteiger partial charge in [0.1, 0.15) is 5.75 Å². The molecule has 0 spiro atoms. The smallest absolute Gasteiger partial charge is 0.167 e. The van der Waals surface area contributed by atoms with Crippen LogP contribution in [0.3, 0.4) is 0 Å². The van der Waals surface area contributed by atoms with Gasteiger partial charge in [-0.1, -0.05) is 6.92 Å². The Kier molecular flexibility index (Phi) is 5.67. The maximum absolute atomic E-state index is 14.1. The van der Waals surface area contributed by atoms with Gasteiger partial charge in [-0.05, 0) is 37.8 Å². The monoisotopic (exact) mass is 297 g/mol. The molecule has 21 heavy (non-hydrogen) atoms. The van der Waals surface area contributed by atoms with E-state index in [9.17, 15) is 4.39 Å². The highest BCUT2D eigenvalue weighted by Gasteiger charge is 2.29. The summed E-state index contributed by atoms with van der Waals surface area (Å²) in [5, 5.41) is 0. The zero-order chi connectivity index (χ0) is 15.2. The van der Waals surface area contributed by atoms with Crippen LogP contribution >= 0.6 is 0 Å². The van der Waals surface area contributed by atoms with E-state index >= 15 is 0 Å². The van der Waals surface area contributed by atoms with Crippen LogP contribution in [0.15, 0.2) is 18.2 Å². The van der Waals surface area contributed by atoms with Crippen molar-refractivity contribution < 1.29 is 18.6 Å². The molecule has 0 aliphatic carbocycles. The van der Waals surface area contributed by atoms with Crippen LogP contribution in [-0.2, 0) is 0 Å². The van der Waals surface area contributed by atoms with Gasteiger partial charge in [-0.3, -0.25) is 0 Å². The molecule has 118 valence electrons. The second-order valence-electron chi connectivity index (χ2n) is 5.17. The summed E-state index contributed by atoms with van der Waals surface area (Å²) in [6, 6.07) is 5.38. The van der Waals surface area contributed by atoms with Crippen molar-refractivity contribution >= 4 is 0 Å². The fourth-order valence-electron chi connectivity index (χ4n) is 2.65. The van der Waals surface area contributed by atoms with Crippen LogP contribution in [0.1, 0.15) is 32.6 Å². The van der Waals surface area contributed by atoms with Gasteiger partial charge < -0.3 is 14.2 Å². The fraction of sp³-hybridized carbons (Fsp3) is 0.625. The van der Waals surface area contributed by atoms with E-state index in [0.29, 0.717) is 30.1 Å². The molecule has 1 aliphatic heterocycles. The predicted octanol–water partition coefficient (Wildman–Crippen LogP) is 3.60. The van der Waals surface area contributed by atoms with E-state index < -0.39 is 6.30 Å². The van der Waals surface area contributed by atoms with Crippen LogP contribution in [0.4, 0.5) is 4.39 Å². The summed E-state index contributed by atoms with van der Waals surface area (Å²) in [6.45, 7) is 2.73. The molecule has 0 radical (unpaired) electrons. The third-order valence-electron chi connectivity index (χ3n) is 3.82. The first-order valence-corrected chi connectivity index (χ1v) is 7.48. The molecular formula is C16H24FNO3. The van der Waals surface area contributed by atoms with Gasteiger partial charge in [-0.15, -0.1) is 0 Å². The number of halogens is 1. The average Bonchev–Trinajstić information content (AvgIpc) is 2.53. The van der Waals surface area contributed by atoms with E-state index in [1.54, 1.807) is 31.3 Å². The number of hydrogen-bond acceptors (Lipinski definition) is 4. The Morgan fingerprint density at radius 2 is 2.05 bits per heavy atom. The minimum atomic E-state index is -0.930. The minimum absolute atomic E-state index is 0.290. The number of ether oxygens (including phenoxy) is 3. The quantitative estimate of drug-likeness (QED) is 0.751. The van der Waals surface area contributed by atoms with E-state index in [4.69, 9.17) is 14.2 Å². The van der Waals surface area contributed by atoms with Gasteiger partial charge in [-0.25, -0.2) is 9.29 Å². The van der Waals surface area contributed by atoms with Crippen molar-refractivity contribution in [1.29, 1.82) is 0 Å². The molecule has 1 heterocycles. The molecule has 5 heteroatoms. The lowest BCUT2D eigenvalue weighted by Gasteiger charge is -2.36. The van der Waals surface area contributed by atoms with Crippen LogP contribution < -0.4 is 14.2 Å². The normalized spacial score (nSPS) is 20.9. The van der Waals surface area contributed by atoms with Gasteiger partial charge in [0.25, 0.3) is 0 Å². The first-order chi connectivity index (χ1) is 10.2. The fourth-order valence-corrected chi connectivity index (χ4v) is 2.65. The number of benzene rings is 1. The van der Waals surface area contributed by atoms with E-state index in [0.717, 1.165) is 19.4 Å². The highest BCUT2D eigenvalue weighted by molar-refractivity contribution is 5.45. The summed E-state index contributed by atoms with van der Waals surface area (Å²) < 4.78 is 30.6. The van der Waals surface area contributed by atoms with Crippen molar-refractivity contribution in [3.05, 3.63) is 18.2 Å². The zero-order valence-corrected chi connectivity index (χ0v) is 13.0. The highest BCUT2D eigenvalue weighted by Crippen LogP contribution is 2.33. The maximum atomic E-state index is 14.1. The van der Waals surface area contributed by atoms with Crippen molar-refractivity contribution in [2.75, 3.05) is 20.8 Å². The van der Waals surface area contributed by atoms with E-state index in [-0.39, 0.29) is 6.23 Å². The predicted molar refractivity (Wildman–Crippen MR) is 79.7 cm³/mol. The number of hydrogen-bond donors (Lipinski definition) is 0. The Balaban J connectivity index is 2.17. The number of rotatable bonds is 6. The van der Waals surface area contributed by atoms with Gasteiger partial charge in [-0.2, -0.15) is 0 Å². The van der Waals surface area contributed by atoms with Crippen LogP contribution in [0.5, 0.6) is 17.2 Å². The minimum Gasteiger partial charge on any atom is -0.497 e. The van der Waals surface area contributed by atoms with Crippen LogP contribution in [0.2, 0.25) is 0 Å². The summed E-state index contributed by atoms with van der Waals surface area (Å²) in [5.41, 5.74) is 0. The lowest BCUT2D eigenvalue weighted by Crippen LogP contribution is -2.46. The van der Waals surface area contributed by atoms with E-state index in [1.165, 1.54) is 0 Å². The van der Waals surface area contributed by atoms with Gasteiger partial charge in [0.15, 0.2) is 24.0 Å². The van der Waals surface area contributed by atoms with Gasteiger partial charge >= 0.3 is 0 Å². The van der Waals surface area contributed by atoms with Crippen LogP contribution in [0, 0.1) is 0 Å². The molecule has 2 unspecified atom stereocenters. The topological polar surface area (TPSA) is 30.9 Å². The lowest BCUT2D eigenvalue weighted by atomic mass is 10.1. The molecule has 0 saturated carbocycles. The number of nitrogens with zero attached hydrogens (tertiary/aromatic N) is 1. The van der Waals surface area contributed by atoms with Crippen LogP contribution in [-0.4, -0.2) is 38.2 Å². The number of methoxy groups -OCH3 is 2. The highest BCUT2D eigenvalue weighted by atomic mass is 19.1. The Morgan fingerprint density at radius 1 is 1.24 bits per heavy atom.